The summed E-state index contributed by atoms with van der Waals surface area (Å²) in [5.41, 5.74) is 4.78. The van der Waals surface area contributed by atoms with Crippen LogP contribution in [0.15, 0.2) is 0 Å². The van der Waals surface area contributed by atoms with Gasteiger partial charge in [0.05, 0.1) is 5.54 Å². The number of nitrogens with zero attached hydrogens (tertiary/aromatic N) is 1. The van der Waals surface area contributed by atoms with Gasteiger partial charge in [0, 0.05) is 13.1 Å². The minimum absolute atomic E-state index is 0.0565. The Balaban J connectivity index is 2.10. The average molecular weight is 288 g/mol. The van der Waals surface area contributed by atoms with Crippen LogP contribution >= 0.6 is 0 Å². The Morgan fingerprint density at radius 2 is 1.84 bits per heavy atom. The molecule has 0 aromatic heterocycles. The van der Waals surface area contributed by atoms with Crippen LogP contribution in [-0.4, -0.2) is 37.2 Å². The highest BCUT2D eigenvalue weighted by Gasteiger charge is 2.42. The highest BCUT2D eigenvalue weighted by atomic mass is 32.2. The molecule has 1 aliphatic heterocycles. The minimum Gasteiger partial charge on any atom is -0.386 e. The molecule has 1 saturated heterocycles. The molecular formula is C12H24N4O2S. The monoisotopic (exact) mass is 288 g/mol. The van der Waals surface area contributed by atoms with Gasteiger partial charge in [-0.25, -0.2) is 0 Å². The summed E-state index contributed by atoms with van der Waals surface area (Å²) in [6.45, 7) is 3.26. The van der Waals surface area contributed by atoms with E-state index in [9.17, 15) is 8.42 Å². The molecule has 2 rings (SSSR count). The zero-order chi connectivity index (χ0) is 14.1. The highest BCUT2D eigenvalue weighted by Crippen LogP contribution is 2.31. The van der Waals surface area contributed by atoms with Gasteiger partial charge < -0.3 is 5.73 Å². The molecule has 4 N–H and O–H groups in total. The van der Waals surface area contributed by atoms with Crippen molar-refractivity contribution >= 4 is 16.0 Å². The molecule has 0 aromatic carbocycles. The first-order valence-electron chi connectivity index (χ1n) is 6.99. The van der Waals surface area contributed by atoms with Crippen LogP contribution in [0.25, 0.3) is 0 Å². The molecule has 0 aromatic rings. The summed E-state index contributed by atoms with van der Waals surface area (Å²) in [6.07, 6.45) is 4.89. The second-order valence-electron chi connectivity index (χ2n) is 5.89. The molecule has 0 spiro atoms. The van der Waals surface area contributed by atoms with Crippen LogP contribution in [0.2, 0.25) is 0 Å². The van der Waals surface area contributed by atoms with Crippen LogP contribution in [0.1, 0.15) is 45.4 Å². The van der Waals surface area contributed by atoms with E-state index in [1.54, 1.807) is 0 Å². The molecule has 1 saturated carbocycles. The van der Waals surface area contributed by atoms with E-state index in [4.69, 9.17) is 11.1 Å². The van der Waals surface area contributed by atoms with Gasteiger partial charge in [0.25, 0.3) is 10.2 Å². The van der Waals surface area contributed by atoms with Crippen molar-refractivity contribution in [3.05, 3.63) is 0 Å². The molecule has 0 unspecified atom stereocenters. The van der Waals surface area contributed by atoms with E-state index in [0.717, 1.165) is 25.7 Å². The van der Waals surface area contributed by atoms with Crippen LogP contribution in [-0.2, 0) is 10.2 Å². The van der Waals surface area contributed by atoms with Gasteiger partial charge in [0.2, 0.25) is 0 Å². The van der Waals surface area contributed by atoms with Gasteiger partial charge in [0.1, 0.15) is 5.84 Å². The van der Waals surface area contributed by atoms with E-state index in [1.165, 1.54) is 4.31 Å². The summed E-state index contributed by atoms with van der Waals surface area (Å²) in [5, 5.41) is 7.70. The standard InChI is InChI=1S/C12H24N4O2S/c1-10-4-8-16(9-5-10)19(17,18)15-12(11(13)14)6-2-3-7-12/h10,15H,2-9H2,1H3,(H3,13,14). The predicted molar refractivity (Wildman–Crippen MR) is 75.1 cm³/mol. The SMILES string of the molecule is CC1CCN(S(=O)(=O)NC2(C(=N)N)CCCC2)CC1. The zero-order valence-electron chi connectivity index (χ0n) is 11.5. The maximum atomic E-state index is 12.4. The van der Waals surface area contributed by atoms with E-state index < -0.39 is 15.7 Å². The fourth-order valence-electron chi connectivity index (χ4n) is 2.94. The number of nitrogens with one attached hydrogen (secondary N) is 2. The first-order chi connectivity index (χ1) is 8.86. The number of hydrogen-bond donors (Lipinski definition) is 3. The summed E-state index contributed by atoms with van der Waals surface area (Å²) in [7, 11) is -3.53. The van der Waals surface area contributed by atoms with Crippen molar-refractivity contribution in [3.63, 3.8) is 0 Å². The van der Waals surface area contributed by atoms with Crippen molar-refractivity contribution in [2.75, 3.05) is 13.1 Å². The van der Waals surface area contributed by atoms with Crippen molar-refractivity contribution in [1.82, 2.24) is 9.03 Å². The molecule has 0 bridgehead atoms. The van der Waals surface area contributed by atoms with Crippen LogP contribution in [0.3, 0.4) is 0 Å². The maximum absolute atomic E-state index is 12.4. The zero-order valence-corrected chi connectivity index (χ0v) is 12.3. The van der Waals surface area contributed by atoms with Gasteiger partial charge in [-0.05, 0) is 31.6 Å². The molecule has 19 heavy (non-hydrogen) atoms. The first kappa shape index (κ1) is 14.7. The smallest absolute Gasteiger partial charge is 0.280 e. The second-order valence-corrected chi connectivity index (χ2v) is 7.56. The van der Waals surface area contributed by atoms with E-state index in [1.807, 2.05) is 0 Å². The molecule has 2 fully saturated rings. The third-order valence-electron chi connectivity index (χ3n) is 4.38. The number of rotatable bonds is 4. The van der Waals surface area contributed by atoms with E-state index >= 15 is 0 Å². The minimum atomic E-state index is -3.53. The van der Waals surface area contributed by atoms with Crippen molar-refractivity contribution in [2.45, 2.75) is 51.0 Å². The number of nitrogens with two attached hydrogens (primary N) is 1. The van der Waals surface area contributed by atoms with Gasteiger partial charge >= 0.3 is 0 Å². The Kier molecular flexibility index (Phi) is 4.17. The van der Waals surface area contributed by atoms with Crippen molar-refractivity contribution in [3.8, 4) is 0 Å². The third-order valence-corrected chi connectivity index (χ3v) is 6.07. The molecule has 1 aliphatic carbocycles. The number of hydrogen-bond acceptors (Lipinski definition) is 3. The Labute approximate surface area is 115 Å². The van der Waals surface area contributed by atoms with Gasteiger partial charge in [0.15, 0.2) is 0 Å². The first-order valence-corrected chi connectivity index (χ1v) is 8.43. The number of piperidine rings is 1. The van der Waals surface area contributed by atoms with Crippen molar-refractivity contribution in [2.24, 2.45) is 11.7 Å². The Morgan fingerprint density at radius 3 is 2.32 bits per heavy atom. The lowest BCUT2D eigenvalue weighted by molar-refractivity contribution is 0.281. The van der Waals surface area contributed by atoms with Gasteiger partial charge in [-0.3, -0.25) is 5.41 Å². The Morgan fingerprint density at radius 1 is 1.32 bits per heavy atom. The van der Waals surface area contributed by atoms with Crippen LogP contribution in [0, 0.1) is 11.3 Å². The average Bonchev–Trinajstić information content (AvgIpc) is 2.78. The Bertz CT molecular complexity index is 435. The van der Waals surface area contributed by atoms with Crippen LogP contribution in [0.5, 0.6) is 0 Å². The molecule has 7 heteroatoms. The Hall–Kier alpha value is -0.660. The topological polar surface area (TPSA) is 99.3 Å². The summed E-state index contributed by atoms with van der Waals surface area (Å²) >= 11 is 0. The van der Waals surface area contributed by atoms with Crippen LogP contribution < -0.4 is 10.5 Å². The van der Waals surface area contributed by atoms with Crippen LogP contribution in [0.4, 0.5) is 0 Å². The van der Waals surface area contributed by atoms with Crippen molar-refractivity contribution < 1.29 is 8.42 Å². The molecule has 110 valence electrons. The fraction of sp³-hybridized carbons (Fsp3) is 0.917. The molecule has 0 radical (unpaired) electrons. The summed E-state index contributed by atoms with van der Waals surface area (Å²) < 4.78 is 29.0. The van der Waals surface area contributed by atoms with E-state index in [-0.39, 0.29) is 5.84 Å². The molecule has 0 amide bonds. The summed E-state index contributed by atoms with van der Waals surface area (Å²) in [4.78, 5) is 0. The summed E-state index contributed by atoms with van der Waals surface area (Å²) in [5.74, 6) is 0.527. The van der Waals surface area contributed by atoms with Gasteiger partial charge in [-0.15, -0.1) is 0 Å². The lowest BCUT2D eigenvalue weighted by Crippen LogP contribution is -2.59. The molecule has 2 aliphatic rings. The largest absolute Gasteiger partial charge is 0.386 e. The number of amidine groups is 1. The summed E-state index contributed by atoms with van der Waals surface area (Å²) in [6, 6.07) is 0. The molecular weight excluding hydrogens is 264 g/mol. The van der Waals surface area contributed by atoms with Gasteiger partial charge in [-0.2, -0.15) is 17.4 Å². The van der Waals surface area contributed by atoms with E-state index in [2.05, 4.69) is 11.6 Å². The maximum Gasteiger partial charge on any atom is 0.280 e. The lowest BCUT2D eigenvalue weighted by atomic mass is 9.98. The predicted octanol–water partition coefficient (Wildman–Crippen LogP) is 0.801. The van der Waals surface area contributed by atoms with E-state index in [0.29, 0.717) is 31.8 Å². The molecule has 1 heterocycles. The normalized spacial score (nSPS) is 25.5. The molecule has 0 atom stereocenters. The third kappa shape index (κ3) is 3.09. The second kappa shape index (κ2) is 5.38. The fourth-order valence-corrected chi connectivity index (χ4v) is 4.57. The lowest BCUT2D eigenvalue weighted by Gasteiger charge is -2.34. The van der Waals surface area contributed by atoms with Gasteiger partial charge in [-0.1, -0.05) is 19.8 Å². The quantitative estimate of drug-likeness (QED) is 0.527. The molecule has 6 nitrogen and oxygen atoms in total. The highest BCUT2D eigenvalue weighted by molar-refractivity contribution is 7.87. The van der Waals surface area contributed by atoms with Crippen molar-refractivity contribution in [1.29, 1.82) is 5.41 Å².